The molecule has 1 fully saturated rings. The van der Waals surface area contributed by atoms with Crippen molar-refractivity contribution >= 4 is 26.9 Å². The predicted octanol–water partition coefficient (Wildman–Crippen LogP) is 2.86. The minimum Gasteiger partial charge on any atom is -0.451 e. The van der Waals surface area contributed by atoms with Crippen molar-refractivity contribution in [2.24, 2.45) is 11.8 Å². The molecule has 7 heteroatoms. The summed E-state index contributed by atoms with van der Waals surface area (Å²) in [5.74, 6) is 0.783. The Balaban J connectivity index is 1.52. The second kappa shape index (κ2) is 7.80. The number of hydrogen-bond acceptors (Lipinski definition) is 4. The van der Waals surface area contributed by atoms with E-state index in [2.05, 4.69) is 4.72 Å². The summed E-state index contributed by atoms with van der Waals surface area (Å²) in [6.07, 6.45) is 1.58. The van der Waals surface area contributed by atoms with E-state index in [9.17, 15) is 13.2 Å². The summed E-state index contributed by atoms with van der Waals surface area (Å²) >= 11 is 0. The number of nitrogens with zero attached hydrogens (tertiary/aromatic N) is 1. The quantitative estimate of drug-likeness (QED) is 0.838. The van der Waals surface area contributed by atoms with E-state index in [-0.39, 0.29) is 23.5 Å². The van der Waals surface area contributed by atoms with Gasteiger partial charge in [-0.3, -0.25) is 4.79 Å². The van der Waals surface area contributed by atoms with Gasteiger partial charge in [0.15, 0.2) is 5.76 Å². The second-order valence-electron chi connectivity index (χ2n) is 7.41. The topological polar surface area (TPSA) is 79.6 Å². The molecule has 2 heterocycles. The molecule has 1 aromatic carbocycles. The summed E-state index contributed by atoms with van der Waals surface area (Å²) in [4.78, 5) is 14.4. The van der Waals surface area contributed by atoms with Crippen molar-refractivity contribution in [1.29, 1.82) is 0 Å². The van der Waals surface area contributed by atoms with Gasteiger partial charge in [0.25, 0.3) is 5.91 Å². The highest BCUT2D eigenvalue weighted by molar-refractivity contribution is 7.89. The molecule has 6 nitrogen and oxygen atoms in total. The molecule has 0 aliphatic carbocycles. The summed E-state index contributed by atoms with van der Waals surface area (Å²) in [5.41, 5.74) is 0.713. The number of amides is 1. The molecular weight excluding hydrogens is 352 g/mol. The fourth-order valence-electron chi connectivity index (χ4n) is 3.33. The Bertz CT molecular complexity index is 832. The number of benzene rings is 1. The highest BCUT2D eigenvalue weighted by Gasteiger charge is 2.26. The first-order valence-electron chi connectivity index (χ1n) is 9.09. The van der Waals surface area contributed by atoms with Gasteiger partial charge in [0.1, 0.15) is 5.58 Å². The summed E-state index contributed by atoms with van der Waals surface area (Å²) < 4.78 is 32.2. The Morgan fingerprint density at radius 1 is 1.27 bits per heavy atom. The average molecular weight is 378 g/mol. The second-order valence-corrected chi connectivity index (χ2v) is 9.26. The molecule has 3 rings (SSSR count). The largest absolute Gasteiger partial charge is 0.451 e. The number of para-hydroxylation sites is 1. The van der Waals surface area contributed by atoms with Crippen molar-refractivity contribution in [1.82, 2.24) is 9.62 Å². The lowest BCUT2D eigenvalue weighted by Gasteiger charge is -2.31. The van der Waals surface area contributed by atoms with E-state index in [0.29, 0.717) is 31.0 Å². The lowest BCUT2D eigenvalue weighted by molar-refractivity contribution is 0.0662. The molecule has 2 aromatic rings. The minimum atomic E-state index is -3.21. The van der Waals surface area contributed by atoms with Gasteiger partial charge in [-0.1, -0.05) is 32.0 Å². The molecule has 0 unspecified atom stereocenters. The monoisotopic (exact) mass is 378 g/mol. The van der Waals surface area contributed by atoms with Gasteiger partial charge in [0.05, 0.1) is 5.75 Å². The molecule has 1 N–H and O–H groups in total. The third-order valence-corrected chi connectivity index (χ3v) is 6.39. The zero-order chi connectivity index (χ0) is 18.7. The van der Waals surface area contributed by atoms with Gasteiger partial charge in [-0.05, 0) is 36.8 Å². The van der Waals surface area contributed by atoms with Gasteiger partial charge in [0, 0.05) is 25.0 Å². The molecule has 0 atom stereocenters. The van der Waals surface area contributed by atoms with Crippen molar-refractivity contribution in [3.05, 3.63) is 36.1 Å². The van der Waals surface area contributed by atoms with E-state index in [1.54, 1.807) is 11.0 Å². The number of nitrogens with one attached hydrogen (secondary N) is 1. The fraction of sp³-hybridized carbons (Fsp3) is 0.526. The van der Waals surface area contributed by atoms with Crippen molar-refractivity contribution < 1.29 is 17.6 Å². The van der Waals surface area contributed by atoms with Crippen molar-refractivity contribution in [2.45, 2.75) is 26.7 Å². The summed E-state index contributed by atoms with van der Waals surface area (Å²) in [6.45, 7) is 5.46. The number of carbonyl (C=O) groups is 1. The molecule has 0 bridgehead atoms. The van der Waals surface area contributed by atoms with Crippen LogP contribution in [0.5, 0.6) is 0 Å². The molecule has 26 heavy (non-hydrogen) atoms. The number of likely N-dealkylation sites (tertiary alicyclic amines) is 1. The molecule has 0 saturated carbocycles. The number of fused-ring (bicyclic) bond motifs is 1. The van der Waals surface area contributed by atoms with Crippen LogP contribution >= 0.6 is 0 Å². The Labute approximate surface area is 154 Å². The first-order valence-corrected chi connectivity index (χ1v) is 10.7. The van der Waals surface area contributed by atoms with Crippen LogP contribution in [0, 0.1) is 11.8 Å². The molecule has 1 saturated heterocycles. The van der Waals surface area contributed by atoms with Crippen LogP contribution in [-0.4, -0.2) is 44.6 Å². The van der Waals surface area contributed by atoms with Gasteiger partial charge < -0.3 is 9.32 Å². The lowest BCUT2D eigenvalue weighted by Crippen LogP contribution is -2.42. The number of furan rings is 1. The summed E-state index contributed by atoms with van der Waals surface area (Å²) in [5, 5.41) is 0.922. The van der Waals surface area contributed by atoms with E-state index in [1.165, 1.54) is 0 Å². The molecule has 1 aliphatic rings. The predicted molar refractivity (Wildman–Crippen MR) is 101 cm³/mol. The number of carbonyl (C=O) groups excluding carboxylic acids is 1. The third-order valence-electron chi connectivity index (χ3n) is 4.68. The number of rotatable bonds is 6. The van der Waals surface area contributed by atoms with Gasteiger partial charge in [0.2, 0.25) is 10.0 Å². The molecule has 142 valence electrons. The first-order chi connectivity index (χ1) is 12.3. The molecule has 1 aromatic heterocycles. The van der Waals surface area contributed by atoms with E-state index in [1.807, 2.05) is 38.1 Å². The maximum absolute atomic E-state index is 12.6. The number of hydrogen-bond donors (Lipinski definition) is 1. The number of sulfonamides is 1. The third kappa shape index (κ3) is 4.65. The van der Waals surface area contributed by atoms with Crippen LogP contribution in [0.3, 0.4) is 0 Å². The molecule has 0 radical (unpaired) electrons. The maximum Gasteiger partial charge on any atom is 0.289 e. The van der Waals surface area contributed by atoms with Crippen LogP contribution in [0.2, 0.25) is 0 Å². The van der Waals surface area contributed by atoms with Crippen LogP contribution in [-0.2, 0) is 10.0 Å². The van der Waals surface area contributed by atoms with Gasteiger partial charge >= 0.3 is 0 Å². The first kappa shape index (κ1) is 18.9. The van der Waals surface area contributed by atoms with Gasteiger partial charge in [-0.2, -0.15) is 0 Å². The highest BCUT2D eigenvalue weighted by atomic mass is 32.2. The van der Waals surface area contributed by atoms with E-state index >= 15 is 0 Å². The van der Waals surface area contributed by atoms with Crippen molar-refractivity contribution in [2.75, 3.05) is 25.4 Å². The Hall–Kier alpha value is -1.86. The normalized spacial score (nSPS) is 16.5. The molecule has 1 aliphatic heterocycles. The van der Waals surface area contributed by atoms with E-state index in [4.69, 9.17) is 4.42 Å². The van der Waals surface area contributed by atoms with Crippen molar-refractivity contribution in [3.8, 4) is 0 Å². The van der Waals surface area contributed by atoms with Gasteiger partial charge in [-0.15, -0.1) is 0 Å². The SMILES string of the molecule is CC(C)CS(=O)(=O)NCC1CCN(C(=O)c2cc3ccccc3o2)CC1. The minimum absolute atomic E-state index is 0.0972. The Morgan fingerprint density at radius 3 is 2.62 bits per heavy atom. The average Bonchev–Trinajstić information content (AvgIpc) is 3.03. The van der Waals surface area contributed by atoms with E-state index < -0.39 is 10.0 Å². The van der Waals surface area contributed by atoms with E-state index in [0.717, 1.165) is 18.2 Å². The van der Waals surface area contributed by atoms with Crippen LogP contribution in [0.1, 0.15) is 37.2 Å². The van der Waals surface area contributed by atoms with Crippen LogP contribution in [0.15, 0.2) is 34.7 Å². The fourth-order valence-corrected chi connectivity index (χ4v) is 4.81. The molecular formula is C19H26N2O4S. The van der Waals surface area contributed by atoms with Crippen LogP contribution in [0.25, 0.3) is 11.0 Å². The molecule has 0 spiro atoms. The van der Waals surface area contributed by atoms with Gasteiger partial charge in [-0.25, -0.2) is 13.1 Å². The Kier molecular flexibility index (Phi) is 5.67. The number of piperidine rings is 1. The van der Waals surface area contributed by atoms with Crippen LogP contribution in [0.4, 0.5) is 0 Å². The Morgan fingerprint density at radius 2 is 1.96 bits per heavy atom. The standard InChI is InChI=1S/C19H26N2O4S/c1-14(2)13-26(23,24)20-12-15-7-9-21(10-8-15)19(22)18-11-16-5-3-4-6-17(16)25-18/h3-6,11,14-15,20H,7-10,12-13H2,1-2H3. The molecule has 1 amide bonds. The summed E-state index contributed by atoms with van der Waals surface area (Å²) in [6, 6.07) is 9.35. The lowest BCUT2D eigenvalue weighted by atomic mass is 9.97. The van der Waals surface area contributed by atoms with Crippen LogP contribution < -0.4 is 4.72 Å². The smallest absolute Gasteiger partial charge is 0.289 e. The zero-order valence-corrected chi connectivity index (χ0v) is 16.1. The summed E-state index contributed by atoms with van der Waals surface area (Å²) in [7, 11) is -3.21. The highest BCUT2D eigenvalue weighted by Crippen LogP contribution is 2.23. The van der Waals surface area contributed by atoms with Crippen molar-refractivity contribution in [3.63, 3.8) is 0 Å². The zero-order valence-electron chi connectivity index (χ0n) is 15.3. The maximum atomic E-state index is 12.6.